The van der Waals surface area contributed by atoms with Crippen LogP contribution in [0.25, 0.3) is 0 Å². The van der Waals surface area contributed by atoms with Gasteiger partial charge in [-0.2, -0.15) is 0 Å². The average Bonchev–Trinajstić information content (AvgIpc) is 2.87. The summed E-state index contributed by atoms with van der Waals surface area (Å²) in [7, 11) is 1.60. The SMILES string of the molecule is CNC(=O)CCCNN1CC2C(=O)CC[C@@H]2C1=O. The number of Topliss-reactive ketones (excluding diaryl/α,β-unsaturated/α-hetero) is 1. The zero-order chi connectivity index (χ0) is 13.1. The Balaban J connectivity index is 1.73. The highest BCUT2D eigenvalue weighted by Crippen LogP contribution is 2.35. The molecule has 1 heterocycles. The van der Waals surface area contributed by atoms with E-state index in [-0.39, 0.29) is 29.4 Å². The molecular weight excluding hydrogens is 234 g/mol. The molecule has 0 spiro atoms. The molecule has 2 amide bonds. The maximum atomic E-state index is 11.9. The molecule has 6 nitrogen and oxygen atoms in total. The summed E-state index contributed by atoms with van der Waals surface area (Å²) < 4.78 is 0. The Morgan fingerprint density at radius 3 is 2.83 bits per heavy atom. The zero-order valence-electron chi connectivity index (χ0n) is 10.6. The first-order valence-electron chi connectivity index (χ1n) is 6.41. The summed E-state index contributed by atoms with van der Waals surface area (Å²) in [5.74, 6) is 0.0262. The molecule has 18 heavy (non-hydrogen) atoms. The van der Waals surface area contributed by atoms with Gasteiger partial charge in [0, 0.05) is 38.9 Å². The molecule has 0 aromatic rings. The molecule has 1 aliphatic heterocycles. The largest absolute Gasteiger partial charge is 0.359 e. The van der Waals surface area contributed by atoms with Crippen LogP contribution < -0.4 is 10.7 Å². The van der Waals surface area contributed by atoms with E-state index < -0.39 is 0 Å². The quantitative estimate of drug-likeness (QED) is 0.645. The van der Waals surface area contributed by atoms with Crippen molar-refractivity contribution in [2.75, 3.05) is 20.1 Å². The van der Waals surface area contributed by atoms with E-state index in [9.17, 15) is 14.4 Å². The second kappa shape index (κ2) is 5.48. The molecule has 1 saturated heterocycles. The van der Waals surface area contributed by atoms with E-state index in [1.54, 1.807) is 12.1 Å². The van der Waals surface area contributed by atoms with E-state index in [0.29, 0.717) is 38.8 Å². The first-order chi connectivity index (χ1) is 8.63. The van der Waals surface area contributed by atoms with Crippen LogP contribution in [-0.2, 0) is 14.4 Å². The number of nitrogens with zero attached hydrogens (tertiary/aromatic N) is 1. The maximum absolute atomic E-state index is 11.9. The van der Waals surface area contributed by atoms with Gasteiger partial charge in [0.15, 0.2) is 0 Å². The fraction of sp³-hybridized carbons (Fsp3) is 0.750. The second-order valence-corrected chi connectivity index (χ2v) is 4.85. The number of rotatable bonds is 5. The molecule has 0 aromatic carbocycles. The fourth-order valence-electron chi connectivity index (χ4n) is 2.65. The van der Waals surface area contributed by atoms with Crippen molar-refractivity contribution in [3.05, 3.63) is 0 Å². The molecule has 0 aromatic heterocycles. The van der Waals surface area contributed by atoms with Crippen LogP contribution in [0.3, 0.4) is 0 Å². The Morgan fingerprint density at radius 2 is 2.17 bits per heavy atom. The molecule has 0 radical (unpaired) electrons. The Hall–Kier alpha value is -1.43. The number of carbonyl (C=O) groups is 3. The average molecular weight is 253 g/mol. The Kier molecular flexibility index (Phi) is 3.96. The summed E-state index contributed by atoms with van der Waals surface area (Å²) in [5.41, 5.74) is 3.01. The topological polar surface area (TPSA) is 78.5 Å². The van der Waals surface area contributed by atoms with Gasteiger partial charge in [0.1, 0.15) is 5.78 Å². The number of hydrogen-bond donors (Lipinski definition) is 2. The van der Waals surface area contributed by atoms with Crippen molar-refractivity contribution in [1.29, 1.82) is 0 Å². The molecule has 1 unspecified atom stereocenters. The Morgan fingerprint density at radius 1 is 1.39 bits per heavy atom. The number of fused-ring (bicyclic) bond motifs is 1. The van der Waals surface area contributed by atoms with Gasteiger partial charge in [0.2, 0.25) is 11.8 Å². The summed E-state index contributed by atoms with van der Waals surface area (Å²) in [4.78, 5) is 34.5. The number of nitrogens with one attached hydrogen (secondary N) is 2. The maximum Gasteiger partial charge on any atom is 0.240 e. The van der Waals surface area contributed by atoms with Crippen molar-refractivity contribution < 1.29 is 14.4 Å². The van der Waals surface area contributed by atoms with Gasteiger partial charge in [-0.15, -0.1) is 0 Å². The lowest BCUT2D eigenvalue weighted by Crippen LogP contribution is -2.41. The molecule has 2 N–H and O–H groups in total. The van der Waals surface area contributed by atoms with Gasteiger partial charge in [0.05, 0.1) is 5.92 Å². The number of ketones is 1. The molecule has 100 valence electrons. The summed E-state index contributed by atoms with van der Waals surface area (Å²) in [6.07, 6.45) is 2.36. The number of carbonyl (C=O) groups excluding carboxylic acids is 3. The van der Waals surface area contributed by atoms with Crippen LogP contribution in [0.2, 0.25) is 0 Å². The lowest BCUT2D eigenvalue weighted by atomic mass is 10.00. The molecule has 6 heteroatoms. The number of amides is 2. The van der Waals surface area contributed by atoms with Crippen molar-refractivity contribution in [1.82, 2.24) is 15.8 Å². The van der Waals surface area contributed by atoms with Crippen molar-refractivity contribution in [2.45, 2.75) is 25.7 Å². The van der Waals surface area contributed by atoms with Gasteiger partial charge in [-0.05, 0) is 12.8 Å². The van der Waals surface area contributed by atoms with Gasteiger partial charge >= 0.3 is 0 Å². The fourth-order valence-corrected chi connectivity index (χ4v) is 2.65. The smallest absolute Gasteiger partial charge is 0.240 e. The van der Waals surface area contributed by atoms with Crippen LogP contribution in [0.4, 0.5) is 0 Å². The lowest BCUT2D eigenvalue weighted by Gasteiger charge is -2.18. The van der Waals surface area contributed by atoms with Gasteiger partial charge < -0.3 is 5.32 Å². The van der Waals surface area contributed by atoms with Crippen LogP contribution in [-0.4, -0.2) is 42.7 Å². The van der Waals surface area contributed by atoms with Gasteiger partial charge in [0.25, 0.3) is 0 Å². The minimum absolute atomic E-state index is 0.00315. The predicted molar refractivity (Wildman–Crippen MR) is 64.2 cm³/mol. The minimum Gasteiger partial charge on any atom is -0.359 e. The first kappa shape index (κ1) is 13.0. The number of hydrazine groups is 1. The van der Waals surface area contributed by atoms with Gasteiger partial charge in [-0.3, -0.25) is 19.4 Å². The minimum atomic E-state index is -0.107. The third-order valence-corrected chi connectivity index (χ3v) is 3.73. The van der Waals surface area contributed by atoms with Crippen LogP contribution in [0, 0.1) is 11.8 Å². The monoisotopic (exact) mass is 253 g/mol. The summed E-state index contributed by atoms with van der Waals surface area (Å²) in [6, 6.07) is 0. The predicted octanol–water partition coefficient (Wildman–Crippen LogP) is -0.545. The third kappa shape index (κ3) is 2.53. The first-order valence-corrected chi connectivity index (χ1v) is 6.41. The molecule has 2 atom stereocenters. The van der Waals surface area contributed by atoms with Crippen LogP contribution >= 0.6 is 0 Å². The molecule has 2 rings (SSSR count). The molecular formula is C12H19N3O3. The molecule has 0 bridgehead atoms. The van der Waals surface area contributed by atoms with Gasteiger partial charge in [-0.25, -0.2) is 5.43 Å². The van der Waals surface area contributed by atoms with E-state index >= 15 is 0 Å². The third-order valence-electron chi connectivity index (χ3n) is 3.73. The second-order valence-electron chi connectivity index (χ2n) is 4.85. The van der Waals surface area contributed by atoms with Crippen molar-refractivity contribution in [2.24, 2.45) is 11.8 Å². The molecule has 2 aliphatic rings. The summed E-state index contributed by atoms with van der Waals surface area (Å²) in [5, 5.41) is 4.10. The standard InChI is InChI=1S/C12H19N3O3/c1-13-11(17)3-2-6-14-15-7-9-8(12(15)18)4-5-10(9)16/h8-9,14H,2-7H2,1H3,(H,13,17)/t8-,9?/m0/s1. The van der Waals surface area contributed by atoms with Crippen molar-refractivity contribution in [3.63, 3.8) is 0 Å². The van der Waals surface area contributed by atoms with E-state index in [2.05, 4.69) is 10.7 Å². The highest BCUT2D eigenvalue weighted by atomic mass is 16.2. The highest BCUT2D eigenvalue weighted by Gasteiger charge is 2.47. The van der Waals surface area contributed by atoms with Crippen molar-refractivity contribution >= 4 is 17.6 Å². The van der Waals surface area contributed by atoms with Gasteiger partial charge in [-0.1, -0.05) is 0 Å². The normalized spacial score (nSPS) is 26.6. The zero-order valence-corrected chi connectivity index (χ0v) is 10.6. The van der Waals surface area contributed by atoms with Crippen LogP contribution in [0.5, 0.6) is 0 Å². The van der Waals surface area contributed by atoms with E-state index in [1.165, 1.54) is 0 Å². The Labute approximate surface area is 106 Å². The summed E-state index contributed by atoms with van der Waals surface area (Å²) in [6.45, 7) is 1.06. The van der Waals surface area contributed by atoms with E-state index in [0.717, 1.165) is 0 Å². The van der Waals surface area contributed by atoms with Crippen LogP contribution in [0.15, 0.2) is 0 Å². The van der Waals surface area contributed by atoms with E-state index in [1.807, 2.05) is 0 Å². The van der Waals surface area contributed by atoms with E-state index in [4.69, 9.17) is 0 Å². The molecule has 1 saturated carbocycles. The summed E-state index contributed by atoms with van der Waals surface area (Å²) >= 11 is 0. The molecule has 1 aliphatic carbocycles. The lowest BCUT2D eigenvalue weighted by molar-refractivity contribution is -0.133. The Bertz CT molecular complexity index is 370. The number of hydrogen-bond acceptors (Lipinski definition) is 4. The highest BCUT2D eigenvalue weighted by molar-refractivity contribution is 5.95. The van der Waals surface area contributed by atoms with Crippen molar-refractivity contribution in [3.8, 4) is 0 Å². The molecule has 2 fully saturated rings. The van der Waals surface area contributed by atoms with Crippen LogP contribution in [0.1, 0.15) is 25.7 Å².